The molecule has 0 N–H and O–H groups in total. The van der Waals surface area contributed by atoms with E-state index in [0.717, 1.165) is 22.5 Å². The number of anilines is 1. The van der Waals surface area contributed by atoms with E-state index in [4.69, 9.17) is 9.47 Å². The van der Waals surface area contributed by atoms with Crippen LogP contribution in [0.3, 0.4) is 0 Å². The van der Waals surface area contributed by atoms with Gasteiger partial charge in [0, 0.05) is 26.4 Å². The van der Waals surface area contributed by atoms with Gasteiger partial charge in [-0.3, -0.25) is 4.79 Å². The summed E-state index contributed by atoms with van der Waals surface area (Å²) in [5, 5.41) is 0.887. The fraction of sp³-hybridized carbons (Fsp3) is 0.211. The highest BCUT2D eigenvalue weighted by Gasteiger charge is 2.15. The summed E-state index contributed by atoms with van der Waals surface area (Å²) in [6.07, 6.45) is 0. The molecular formula is C19H19N3O3. The second kappa shape index (κ2) is 6.76. The monoisotopic (exact) mass is 337 g/mol. The molecule has 3 aromatic rings. The van der Waals surface area contributed by atoms with E-state index in [1.165, 1.54) is 6.92 Å². The number of fused-ring (bicyclic) bond motifs is 1. The van der Waals surface area contributed by atoms with Gasteiger partial charge in [-0.25, -0.2) is 9.97 Å². The molecule has 0 spiro atoms. The van der Waals surface area contributed by atoms with Gasteiger partial charge in [0.2, 0.25) is 0 Å². The van der Waals surface area contributed by atoms with Crippen LogP contribution in [0.25, 0.3) is 22.3 Å². The first-order valence-electron chi connectivity index (χ1n) is 7.80. The predicted molar refractivity (Wildman–Crippen MR) is 97.2 cm³/mol. The van der Waals surface area contributed by atoms with E-state index < -0.39 is 0 Å². The summed E-state index contributed by atoms with van der Waals surface area (Å²) in [5.74, 6) is 2.06. The lowest BCUT2D eigenvalue weighted by atomic mass is 10.1. The van der Waals surface area contributed by atoms with E-state index in [9.17, 15) is 4.79 Å². The molecule has 1 heterocycles. The number of ether oxygens (including phenoxy) is 2. The number of benzene rings is 2. The Balaban J connectivity index is 2.23. The zero-order chi connectivity index (χ0) is 18.0. The van der Waals surface area contributed by atoms with Gasteiger partial charge in [-0.15, -0.1) is 0 Å². The molecule has 0 unspecified atom stereocenters. The SMILES string of the molecule is COc1ccc2nc(-c3ccccc3OC(C)=O)nc(N(C)C)c2c1. The minimum Gasteiger partial charge on any atom is -0.497 e. The Hall–Kier alpha value is -3.15. The van der Waals surface area contributed by atoms with Crippen molar-refractivity contribution in [2.24, 2.45) is 0 Å². The predicted octanol–water partition coefficient (Wildman–Crippen LogP) is 3.30. The van der Waals surface area contributed by atoms with Gasteiger partial charge in [0.05, 0.1) is 18.2 Å². The first-order chi connectivity index (χ1) is 12.0. The smallest absolute Gasteiger partial charge is 0.308 e. The summed E-state index contributed by atoms with van der Waals surface area (Å²) >= 11 is 0. The van der Waals surface area contributed by atoms with Crippen LogP contribution in [0.1, 0.15) is 6.92 Å². The molecule has 0 aliphatic rings. The zero-order valence-electron chi connectivity index (χ0n) is 14.6. The fourth-order valence-corrected chi connectivity index (χ4v) is 2.57. The van der Waals surface area contributed by atoms with Crippen LogP contribution in [0.4, 0.5) is 5.82 Å². The fourth-order valence-electron chi connectivity index (χ4n) is 2.57. The van der Waals surface area contributed by atoms with Crippen LogP contribution in [0.15, 0.2) is 42.5 Å². The summed E-state index contributed by atoms with van der Waals surface area (Å²) in [4.78, 5) is 22.6. The van der Waals surface area contributed by atoms with E-state index in [2.05, 4.69) is 9.97 Å². The van der Waals surface area contributed by atoms with Crippen molar-refractivity contribution < 1.29 is 14.3 Å². The number of para-hydroxylation sites is 1. The molecule has 0 radical (unpaired) electrons. The summed E-state index contributed by atoms with van der Waals surface area (Å²) in [5.41, 5.74) is 1.45. The summed E-state index contributed by atoms with van der Waals surface area (Å²) in [6, 6.07) is 12.9. The van der Waals surface area contributed by atoms with Crippen LogP contribution in [-0.2, 0) is 4.79 Å². The van der Waals surface area contributed by atoms with Gasteiger partial charge in [0.1, 0.15) is 17.3 Å². The van der Waals surface area contributed by atoms with Crippen LogP contribution < -0.4 is 14.4 Å². The van der Waals surface area contributed by atoms with Gasteiger partial charge >= 0.3 is 5.97 Å². The molecule has 1 aromatic heterocycles. The second-order valence-corrected chi connectivity index (χ2v) is 5.74. The van der Waals surface area contributed by atoms with E-state index in [1.807, 2.05) is 49.3 Å². The van der Waals surface area contributed by atoms with E-state index in [1.54, 1.807) is 19.2 Å². The van der Waals surface area contributed by atoms with Gasteiger partial charge in [-0.05, 0) is 30.3 Å². The van der Waals surface area contributed by atoms with Crippen LogP contribution in [0.5, 0.6) is 11.5 Å². The molecule has 128 valence electrons. The molecule has 0 amide bonds. The van der Waals surface area contributed by atoms with Crippen molar-refractivity contribution >= 4 is 22.7 Å². The molecule has 0 aliphatic heterocycles. The minimum atomic E-state index is -0.384. The van der Waals surface area contributed by atoms with Crippen molar-refractivity contribution in [3.63, 3.8) is 0 Å². The first kappa shape index (κ1) is 16.7. The van der Waals surface area contributed by atoms with Crippen molar-refractivity contribution in [2.75, 3.05) is 26.1 Å². The third-order valence-electron chi connectivity index (χ3n) is 3.69. The molecule has 0 atom stereocenters. The standard InChI is InChI=1S/C19H19N3O3/c1-12(23)25-17-8-6-5-7-14(17)18-20-16-10-9-13(24-4)11-15(16)19(21-18)22(2)3/h5-11H,1-4H3. The highest BCUT2D eigenvalue weighted by atomic mass is 16.5. The number of hydrogen-bond donors (Lipinski definition) is 0. The number of esters is 1. The third-order valence-corrected chi connectivity index (χ3v) is 3.69. The van der Waals surface area contributed by atoms with Crippen LogP contribution in [-0.4, -0.2) is 37.1 Å². The molecule has 0 aliphatic carbocycles. The van der Waals surface area contributed by atoms with Gasteiger partial charge in [0.25, 0.3) is 0 Å². The molecule has 2 aromatic carbocycles. The molecule has 0 bridgehead atoms. The number of nitrogens with zero attached hydrogens (tertiary/aromatic N) is 3. The largest absolute Gasteiger partial charge is 0.497 e. The molecule has 0 saturated heterocycles. The lowest BCUT2D eigenvalue weighted by Gasteiger charge is -2.17. The topological polar surface area (TPSA) is 64.5 Å². The average molecular weight is 337 g/mol. The Labute approximate surface area is 146 Å². The molecule has 3 rings (SSSR count). The number of hydrogen-bond acceptors (Lipinski definition) is 6. The Bertz CT molecular complexity index is 938. The van der Waals surface area contributed by atoms with Crippen molar-refractivity contribution in [3.8, 4) is 22.9 Å². The van der Waals surface area contributed by atoms with Crippen molar-refractivity contribution in [3.05, 3.63) is 42.5 Å². The van der Waals surface area contributed by atoms with Crippen molar-refractivity contribution in [1.82, 2.24) is 9.97 Å². The normalized spacial score (nSPS) is 10.6. The number of carbonyl (C=O) groups is 1. The minimum absolute atomic E-state index is 0.384. The second-order valence-electron chi connectivity index (χ2n) is 5.74. The maximum Gasteiger partial charge on any atom is 0.308 e. The van der Waals surface area contributed by atoms with Crippen LogP contribution >= 0.6 is 0 Å². The average Bonchev–Trinajstić information content (AvgIpc) is 2.60. The first-order valence-corrected chi connectivity index (χ1v) is 7.80. The van der Waals surface area contributed by atoms with Crippen molar-refractivity contribution in [1.29, 1.82) is 0 Å². The number of aromatic nitrogens is 2. The molecular weight excluding hydrogens is 318 g/mol. The number of rotatable bonds is 4. The molecule has 0 saturated carbocycles. The summed E-state index contributed by atoms with van der Waals surface area (Å²) in [6.45, 7) is 1.37. The lowest BCUT2D eigenvalue weighted by molar-refractivity contribution is -0.131. The van der Waals surface area contributed by atoms with E-state index in [-0.39, 0.29) is 5.97 Å². The Kier molecular flexibility index (Phi) is 4.52. The number of methoxy groups -OCH3 is 1. The Morgan fingerprint density at radius 1 is 1.08 bits per heavy atom. The maximum absolute atomic E-state index is 11.4. The summed E-state index contributed by atoms with van der Waals surface area (Å²) < 4.78 is 10.6. The van der Waals surface area contributed by atoms with Gasteiger partial charge in [-0.1, -0.05) is 12.1 Å². The van der Waals surface area contributed by atoms with Gasteiger partial charge < -0.3 is 14.4 Å². The van der Waals surface area contributed by atoms with E-state index in [0.29, 0.717) is 17.1 Å². The van der Waals surface area contributed by atoms with Crippen LogP contribution in [0.2, 0.25) is 0 Å². The lowest BCUT2D eigenvalue weighted by Crippen LogP contribution is -2.12. The highest BCUT2D eigenvalue weighted by Crippen LogP contribution is 2.33. The highest BCUT2D eigenvalue weighted by molar-refractivity contribution is 5.92. The molecule has 0 fully saturated rings. The summed E-state index contributed by atoms with van der Waals surface area (Å²) in [7, 11) is 5.47. The van der Waals surface area contributed by atoms with Gasteiger partial charge in [0.15, 0.2) is 5.82 Å². The Morgan fingerprint density at radius 3 is 2.52 bits per heavy atom. The van der Waals surface area contributed by atoms with Gasteiger partial charge in [-0.2, -0.15) is 0 Å². The molecule has 25 heavy (non-hydrogen) atoms. The Morgan fingerprint density at radius 2 is 1.84 bits per heavy atom. The maximum atomic E-state index is 11.4. The van der Waals surface area contributed by atoms with E-state index >= 15 is 0 Å². The molecule has 6 heteroatoms. The number of carbonyl (C=O) groups excluding carboxylic acids is 1. The zero-order valence-corrected chi connectivity index (χ0v) is 14.6. The van der Waals surface area contributed by atoms with Crippen LogP contribution in [0, 0.1) is 0 Å². The third kappa shape index (κ3) is 3.38. The van der Waals surface area contributed by atoms with Crippen molar-refractivity contribution in [2.45, 2.75) is 6.92 Å². The molecule has 6 nitrogen and oxygen atoms in total. The quantitative estimate of drug-likeness (QED) is 0.538.